The Bertz CT molecular complexity index is 607. The minimum atomic E-state index is -0.159. The van der Waals surface area contributed by atoms with Crippen LogP contribution >= 0.6 is 0 Å². The average Bonchev–Trinajstić information content (AvgIpc) is 2.52. The van der Waals surface area contributed by atoms with Crippen molar-refractivity contribution >= 4 is 17.3 Å². The molecule has 23 heavy (non-hydrogen) atoms. The van der Waals surface area contributed by atoms with Crippen molar-refractivity contribution in [1.82, 2.24) is 5.43 Å². The summed E-state index contributed by atoms with van der Waals surface area (Å²) in [5.74, 6) is 3.94. The second kappa shape index (κ2) is 5.66. The molecule has 4 heteroatoms. The molecule has 0 saturated heterocycles. The van der Waals surface area contributed by atoms with Gasteiger partial charge in [-0.3, -0.25) is 4.79 Å². The second-order valence-electron chi connectivity index (χ2n) is 7.77. The lowest BCUT2D eigenvalue weighted by atomic mass is 9.51. The fourth-order valence-electron chi connectivity index (χ4n) is 5.52. The van der Waals surface area contributed by atoms with Crippen molar-refractivity contribution in [2.75, 3.05) is 5.73 Å². The van der Waals surface area contributed by atoms with Crippen LogP contribution in [-0.2, 0) is 0 Å². The minimum absolute atomic E-state index is 0.159. The molecule has 4 aliphatic rings. The largest absolute Gasteiger partial charge is 0.399 e. The van der Waals surface area contributed by atoms with Gasteiger partial charge in [0, 0.05) is 22.9 Å². The Morgan fingerprint density at radius 1 is 1.04 bits per heavy atom. The number of rotatable bonds is 3. The van der Waals surface area contributed by atoms with Crippen LogP contribution < -0.4 is 11.2 Å². The molecule has 3 N–H and O–H groups in total. The third-order valence-corrected chi connectivity index (χ3v) is 6.22. The number of nitrogens with one attached hydrogen (secondary N) is 1. The standard InChI is InChI=1S/C19H25N3O/c1-11(21-22-19(23)14-2-4-17(20)5-3-14)18-15-7-12-6-13(9-15)10-16(18)8-12/h2-5,12-13,15-16,18H,6-10,20H2,1H3,(H,22,23)/b21-11-. The highest BCUT2D eigenvalue weighted by Gasteiger charge is 2.49. The van der Waals surface area contributed by atoms with E-state index in [1.54, 1.807) is 24.3 Å². The molecule has 0 aliphatic heterocycles. The van der Waals surface area contributed by atoms with E-state index >= 15 is 0 Å². The third-order valence-electron chi connectivity index (χ3n) is 6.22. The van der Waals surface area contributed by atoms with E-state index in [0.29, 0.717) is 17.2 Å². The van der Waals surface area contributed by atoms with Crippen molar-refractivity contribution in [3.8, 4) is 0 Å². The summed E-state index contributed by atoms with van der Waals surface area (Å²) in [6, 6.07) is 6.95. The number of hydrogen-bond donors (Lipinski definition) is 2. The summed E-state index contributed by atoms with van der Waals surface area (Å²) in [5, 5.41) is 4.45. The van der Waals surface area contributed by atoms with Gasteiger partial charge in [0.1, 0.15) is 0 Å². The lowest BCUT2D eigenvalue weighted by Gasteiger charge is -2.54. The molecule has 0 spiro atoms. The molecule has 4 saturated carbocycles. The van der Waals surface area contributed by atoms with E-state index in [-0.39, 0.29) is 5.91 Å². The predicted octanol–water partition coefficient (Wildman–Crippen LogP) is 3.45. The van der Waals surface area contributed by atoms with Gasteiger partial charge in [-0.15, -0.1) is 0 Å². The summed E-state index contributed by atoms with van der Waals surface area (Å²) < 4.78 is 0. The molecule has 1 aromatic carbocycles. The highest BCUT2D eigenvalue weighted by Crippen LogP contribution is 2.56. The van der Waals surface area contributed by atoms with Gasteiger partial charge in [0.05, 0.1) is 0 Å². The van der Waals surface area contributed by atoms with Crippen LogP contribution in [0.5, 0.6) is 0 Å². The number of carbonyl (C=O) groups is 1. The maximum Gasteiger partial charge on any atom is 0.271 e. The van der Waals surface area contributed by atoms with Crippen LogP contribution in [0.25, 0.3) is 0 Å². The van der Waals surface area contributed by atoms with E-state index in [4.69, 9.17) is 5.73 Å². The van der Waals surface area contributed by atoms with Gasteiger partial charge in [-0.2, -0.15) is 5.10 Å². The summed E-state index contributed by atoms with van der Waals surface area (Å²) in [6.45, 7) is 2.09. The molecule has 4 fully saturated rings. The molecule has 4 aliphatic carbocycles. The van der Waals surface area contributed by atoms with Gasteiger partial charge < -0.3 is 5.73 Å². The van der Waals surface area contributed by atoms with Crippen LogP contribution in [-0.4, -0.2) is 11.6 Å². The van der Waals surface area contributed by atoms with Crippen LogP contribution in [0.2, 0.25) is 0 Å². The number of amides is 1. The lowest BCUT2D eigenvalue weighted by Crippen LogP contribution is -2.47. The van der Waals surface area contributed by atoms with Crippen molar-refractivity contribution in [1.29, 1.82) is 0 Å². The number of nitrogens with zero attached hydrogens (tertiary/aromatic N) is 1. The number of hydrazone groups is 1. The van der Waals surface area contributed by atoms with Crippen molar-refractivity contribution in [3.05, 3.63) is 29.8 Å². The average molecular weight is 311 g/mol. The molecular formula is C19H25N3O. The third kappa shape index (κ3) is 2.75. The van der Waals surface area contributed by atoms with E-state index in [2.05, 4.69) is 17.5 Å². The first-order chi connectivity index (χ1) is 11.1. The number of carbonyl (C=O) groups excluding carboxylic acids is 1. The molecule has 1 aromatic rings. The number of anilines is 1. The van der Waals surface area contributed by atoms with E-state index < -0.39 is 0 Å². The van der Waals surface area contributed by atoms with Crippen LogP contribution in [0.1, 0.15) is 49.4 Å². The van der Waals surface area contributed by atoms with Gasteiger partial charge in [-0.1, -0.05) is 0 Å². The first kappa shape index (κ1) is 14.7. The molecule has 0 unspecified atom stereocenters. The van der Waals surface area contributed by atoms with Gasteiger partial charge in [-0.05, 0) is 87.0 Å². The molecular weight excluding hydrogens is 286 g/mol. The molecule has 1 amide bonds. The molecule has 0 heterocycles. The zero-order valence-corrected chi connectivity index (χ0v) is 13.7. The summed E-state index contributed by atoms with van der Waals surface area (Å²) in [7, 11) is 0. The predicted molar refractivity (Wildman–Crippen MR) is 92.0 cm³/mol. The first-order valence-electron chi connectivity index (χ1n) is 8.80. The SMILES string of the molecule is C/C(=N/NC(=O)c1ccc(N)cc1)C1C2CC3CC(C2)CC1C3. The van der Waals surface area contributed by atoms with Crippen molar-refractivity contribution in [2.45, 2.75) is 39.0 Å². The molecule has 0 aromatic heterocycles. The smallest absolute Gasteiger partial charge is 0.271 e. The first-order valence-corrected chi connectivity index (χ1v) is 8.80. The Hall–Kier alpha value is -1.84. The van der Waals surface area contributed by atoms with E-state index in [1.165, 1.54) is 32.1 Å². The molecule has 5 rings (SSSR count). The van der Waals surface area contributed by atoms with Crippen molar-refractivity contribution in [2.24, 2.45) is 34.7 Å². The summed E-state index contributed by atoms with van der Waals surface area (Å²) >= 11 is 0. The number of nitrogens with two attached hydrogens (primary N) is 1. The van der Waals surface area contributed by atoms with Gasteiger partial charge in [0.2, 0.25) is 0 Å². The summed E-state index contributed by atoms with van der Waals surface area (Å²) in [6.07, 6.45) is 6.95. The maximum absolute atomic E-state index is 12.2. The van der Waals surface area contributed by atoms with Crippen LogP contribution in [0, 0.1) is 29.6 Å². The molecule has 0 atom stereocenters. The highest BCUT2D eigenvalue weighted by molar-refractivity contribution is 5.95. The minimum Gasteiger partial charge on any atom is -0.399 e. The number of nitrogen functional groups attached to an aromatic ring is 1. The Morgan fingerprint density at radius 3 is 2.17 bits per heavy atom. The maximum atomic E-state index is 12.2. The fourth-order valence-corrected chi connectivity index (χ4v) is 5.52. The van der Waals surface area contributed by atoms with E-state index in [1.807, 2.05) is 0 Å². The second-order valence-corrected chi connectivity index (χ2v) is 7.77. The quantitative estimate of drug-likeness (QED) is 0.510. The number of benzene rings is 1. The Morgan fingerprint density at radius 2 is 1.61 bits per heavy atom. The molecule has 4 nitrogen and oxygen atoms in total. The molecule has 4 bridgehead atoms. The van der Waals surface area contributed by atoms with Gasteiger partial charge in [-0.25, -0.2) is 5.43 Å². The fraction of sp³-hybridized carbons (Fsp3) is 0.579. The van der Waals surface area contributed by atoms with Crippen molar-refractivity contribution < 1.29 is 4.79 Å². The molecule has 0 radical (unpaired) electrons. The zero-order chi connectivity index (χ0) is 16.0. The van der Waals surface area contributed by atoms with Gasteiger partial charge in [0.15, 0.2) is 0 Å². The normalized spacial score (nSPS) is 35.3. The number of hydrogen-bond acceptors (Lipinski definition) is 3. The Labute approximate surface area is 137 Å². The highest BCUT2D eigenvalue weighted by atomic mass is 16.2. The monoisotopic (exact) mass is 311 g/mol. The Balaban J connectivity index is 1.44. The van der Waals surface area contributed by atoms with Gasteiger partial charge in [0.25, 0.3) is 5.91 Å². The van der Waals surface area contributed by atoms with Gasteiger partial charge >= 0.3 is 0 Å². The lowest BCUT2D eigenvalue weighted by molar-refractivity contribution is -0.00859. The summed E-state index contributed by atoms with van der Waals surface area (Å²) in [5.41, 5.74) is 10.8. The van der Waals surface area contributed by atoms with Crippen LogP contribution in [0.4, 0.5) is 5.69 Å². The van der Waals surface area contributed by atoms with Crippen LogP contribution in [0.15, 0.2) is 29.4 Å². The van der Waals surface area contributed by atoms with E-state index in [0.717, 1.165) is 29.4 Å². The van der Waals surface area contributed by atoms with E-state index in [9.17, 15) is 4.79 Å². The molecule has 122 valence electrons. The zero-order valence-electron chi connectivity index (χ0n) is 13.7. The van der Waals surface area contributed by atoms with Crippen LogP contribution in [0.3, 0.4) is 0 Å². The summed E-state index contributed by atoms with van der Waals surface area (Å²) in [4.78, 5) is 12.2. The van der Waals surface area contributed by atoms with Crippen molar-refractivity contribution in [3.63, 3.8) is 0 Å². The topological polar surface area (TPSA) is 67.5 Å². The Kier molecular flexibility index (Phi) is 3.63.